The van der Waals surface area contributed by atoms with Crippen molar-refractivity contribution < 1.29 is 9.53 Å². The highest BCUT2D eigenvalue weighted by atomic mass is 35.5. The molecule has 1 fully saturated rings. The zero-order chi connectivity index (χ0) is 19.2. The van der Waals surface area contributed by atoms with Crippen molar-refractivity contribution in [3.63, 3.8) is 0 Å². The van der Waals surface area contributed by atoms with Crippen LogP contribution in [0, 0.1) is 13.8 Å². The second-order valence-corrected chi connectivity index (χ2v) is 7.31. The van der Waals surface area contributed by atoms with Gasteiger partial charge in [0.05, 0.1) is 31.0 Å². The summed E-state index contributed by atoms with van der Waals surface area (Å²) < 4.78 is 7.21. The molecule has 0 spiro atoms. The van der Waals surface area contributed by atoms with E-state index in [4.69, 9.17) is 16.3 Å². The predicted octanol–water partition coefficient (Wildman–Crippen LogP) is 2.52. The van der Waals surface area contributed by atoms with Gasteiger partial charge in [-0.25, -0.2) is 4.68 Å². The zero-order valence-corrected chi connectivity index (χ0v) is 16.8. The topological polar surface area (TPSA) is 59.4 Å². The van der Waals surface area contributed by atoms with E-state index in [1.165, 1.54) is 0 Å². The third-order valence-electron chi connectivity index (χ3n) is 4.93. The number of carbonyl (C=O) groups is 1. The molecule has 3 rings (SSSR count). The number of morpholine rings is 1. The van der Waals surface area contributed by atoms with Crippen LogP contribution in [0.4, 0.5) is 0 Å². The average Bonchev–Trinajstić information content (AvgIpc) is 2.95. The van der Waals surface area contributed by atoms with Gasteiger partial charge in [-0.05, 0) is 51.1 Å². The molecule has 1 aromatic carbocycles. The van der Waals surface area contributed by atoms with Crippen molar-refractivity contribution in [2.24, 2.45) is 0 Å². The summed E-state index contributed by atoms with van der Waals surface area (Å²) in [6, 6.07) is 7.54. The quantitative estimate of drug-likeness (QED) is 0.738. The van der Waals surface area contributed by atoms with Crippen LogP contribution in [0.1, 0.15) is 23.4 Å². The number of hydrogen-bond acceptors (Lipinski definition) is 4. The van der Waals surface area contributed by atoms with Crippen LogP contribution in [0.5, 0.6) is 0 Å². The maximum atomic E-state index is 12.4. The first kappa shape index (κ1) is 19.9. The number of nitrogens with zero attached hydrogens (tertiary/aromatic N) is 3. The maximum Gasteiger partial charge on any atom is 0.224 e. The first-order valence-corrected chi connectivity index (χ1v) is 9.80. The van der Waals surface area contributed by atoms with Gasteiger partial charge in [0.1, 0.15) is 0 Å². The third-order valence-corrected chi connectivity index (χ3v) is 5.18. The fourth-order valence-corrected chi connectivity index (χ4v) is 3.47. The summed E-state index contributed by atoms with van der Waals surface area (Å²) in [7, 11) is 0. The number of nitrogens with one attached hydrogen (secondary N) is 1. The number of carbonyl (C=O) groups excluding carboxylic acids is 1. The van der Waals surface area contributed by atoms with E-state index in [1.54, 1.807) is 0 Å². The van der Waals surface area contributed by atoms with Gasteiger partial charge in [-0.3, -0.25) is 9.69 Å². The molecule has 0 saturated carbocycles. The molecule has 0 atom stereocenters. The Morgan fingerprint density at radius 3 is 2.63 bits per heavy atom. The van der Waals surface area contributed by atoms with Crippen molar-refractivity contribution in [2.45, 2.75) is 26.7 Å². The number of hydrogen-bond donors (Lipinski definition) is 1. The fraction of sp³-hybridized carbons (Fsp3) is 0.500. The first-order chi connectivity index (χ1) is 13.0. The Balaban J connectivity index is 1.52. The van der Waals surface area contributed by atoms with Crippen LogP contribution >= 0.6 is 11.6 Å². The minimum atomic E-state index is 0.0406. The highest BCUT2D eigenvalue weighted by Gasteiger charge is 2.16. The molecule has 1 aliphatic rings. The number of ether oxygens (including phenoxy) is 1. The molecular formula is C20H27ClN4O2. The van der Waals surface area contributed by atoms with Gasteiger partial charge in [-0.2, -0.15) is 5.10 Å². The zero-order valence-electron chi connectivity index (χ0n) is 16.0. The van der Waals surface area contributed by atoms with E-state index >= 15 is 0 Å². The smallest absolute Gasteiger partial charge is 0.224 e. The van der Waals surface area contributed by atoms with Crippen LogP contribution < -0.4 is 5.32 Å². The number of rotatable bonds is 7. The Labute approximate surface area is 165 Å². The SMILES string of the molecule is Cc1nn(-c2ccc(Cl)cc2)c(C)c1CC(=O)NCCCN1CCOCC1. The normalized spacial score (nSPS) is 15.1. The molecule has 1 amide bonds. The molecule has 2 aromatic rings. The number of amides is 1. The molecule has 1 saturated heterocycles. The lowest BCUT2D eigenvalue weighted by atomic mass is 10.1. The van der Waals surface area contributed by atoms with Gasteiger partial charge < -0.3 is 10.1 Å². The Morgan fingerprint density at radius 1 is 1.22 bits per heavy atom. The van der Waals surface area contributed by atoms with Crippen LogP contribution in [0.15, 0.2) is 24.3 Å². The lowest BCUT2D eigenvalue weighted by molar-refractivity contribution is -0.120. The summed E-state index contributed by atoms with van der Waals surface area (Å²) >= 11 is 5.96. The minimum Gasteiger partial charge on any atom is -0.379 e. The first-order valence-electron chi connectivity index (χ1n) is 9.42. The van der Waals surface area contributed by atoms with Crippen molar-refractivity contribution in [1.82, 2.24) is 20.0 Å². The summed E-state index contributed by atoms with van der Waals surface area (Å²) in [4.78, 5) is 14.7. The van der Waals surface area contributed by atoms with Crippen LogP contribution in [0.3, 0.4) is 0 Å². The van der Waals surface area contributed by atoms with E-state index in [0.717, 1.165) is 61.9 Å². The number of aromatic nitrogens is 2. The van der Waals surface area contributed by atoms with Gasteiger partial charge in [-0.15, -0.1) is 0 Å². The molecule has 1 N–H and O–H groups in total. The van der Waals surface area contributed by atoms with Crippen molar-refractivity contribution in [2.75, 3.05) is 39.4 Å². The van der Waals surface area contributed by atoms with E-state index < -0.39 is 0 Å². The Hall–Kier alpha value is -1.89. The molecule has 6 nitrogen and oxygen atoms in total. The number of halogens is 1. The van der Waals surface area contributed by atoms with Gasteiger partial charge in [-0.1, -0.05) is 11.6 Å². The molecule has 1 aliphatic heterocycles. The van der Waals surface area contributed by atoms with E-state index in [-0.39, 0.29) is 5.91 Å². The fourth-order valence-electron chi connectivity index (χ4n) is 3.34. The van der Waals surface area contributed by atoms with E-state index in [0.29, 0.717) is 18.0 Å². The van der Waals surface area contributed by atoms with Crippen molar-refractivity contribution >= 4 is 17.5 Å². The second-order valence-electron chi connectivity index (χ2n) is 6.87. The van der Waals surface area contributed by atoms with Gasteiger partial charge in [0.15, 0.2) is 0 Å². The standard InChI is InChI=1S/C20H27ClN4O2/c1-15-19(16(2)25(23-15)18-6-4-17(21)5-7-18)14-20(26)22-8-3-9-24-10-12-27-13-11-24/h4-7H,3,8-14H2,1-2H3,(H,22,26). The Morgan fingerprint density at radius 2 is 1.93 bits per heavy atom. The van der Waals surface area contributed by atoms with Gasteiger partial charge >= 0.3 is 0 Å². The molecule has 2 heterocycles. The van der Waals surface area contributed by atoms with Crippen LogP contribution in [0.25, 0.3) is 5.69 Å². The largest absolute Gasteiger partial charge is 0.379 e. The molecule has 146 valence electrons. The Kier molecular flexibility index (Phi) is 6.88. The van der Waals surface area contributed by atoms with Crippen LogP contribution in [0.2, 0.25) is 5.02 Å². The predicted molar refractivity (Wildman–Crippen MR) is 107 cm³/mol. The molecule has 27 heavy (non-hydrogen) atoms. The number of benzene rings is 1. The van der Waals surface area contributed by atoms with Gasteiger partial charge in [0.2, 0.25) is 5.91 Å². The summed E-state index contributed by atoms with van der Waals surface area (Å²) in [5.74, 6) is 0.0406. The molecular weight excluding hydrogens is 364 g/mol. The van der Waals surface area contributed by atoms with Crippen LogP contribution in [-0.4, -0.2) is 60.0 Å². The highest BCUT2D eigenvalue weighted by molar-refractivity contribution is 6.30. The molecule has 7 heteroatoms. The van der Waals surface area contributed by atoms with E-state index in [1.807, 2.05) is 42.8 Å². The van der Waals surface area contributed by atoms with Crippen molar-refractivity contribution in [3.8, 4) is 5.69 Å². The molecule has 0 aliphatic carbocycles. The minimum absolute atomic E-state index is 0.0406. The summed E-state index contributed by atoms with van der Waals surface area (Å²) in [5, 5.41) is 8.32. The van der Waals surface area contributed by atoms with Crippen molar-refractivity contribution in [1.29, 1.82) is 0 Å². The lowest BCUT2D eigenvalue weighted by Crippen LogP contribution is -2.38. The molecule has 0 unspecified atom stereocenters. The van der Waals surface area contributed by atoms with Gasteiger partial charge in [0.25, 0.3) is 0 Å². The molecule has 0 radical (unpaired) electrons. The van der Waals surface area contributed by atoms with E-state index in [9.17, 15) is 4.79 Å². The molecule has 1 aromatic heterocycles. The summed E-state index contributed by atoms with van der Waals surface area (Å²) in [5.41, 5.74) is 3.79. The van der Waals surface area contributed by atoms with Crippen molar-refractivity contribution in [3.05, 3.63) is 46.2 Å². The van der Waals surface area contributed by atoms with Crippen LogP contribution in [-0.2, 0) is 16.0 Å². The maximum absolute atomic E-state index is 12.4. The van der Waals surface area contributed by atoms with E-state index in [2.05, 4.69) is 15.3 Å². The third kappa shape index (κ3) is 5.31. The summed E-state index contributed by atoms with van der Waals surface area (Å²) in [6.07, 6.45) is 1.30. The van der Waals surface area contributed by atoms with Gasteiger partial charge in [0, 0.05) is 35.9 Å². The monoisotopic (exact) mass is 390 g/mol. The summed E-state index contributed by atoms with van der Waals surface area (Å²) in [6.45, 7) is 9.21. The highest BCUT2D eigenvalue weighted by Crippen LogP contribution is 2.20. The average molecular weight is 391 g/mol. The lowest BCUT2D eigenvalue weighted by Gasteiger charge is -2.26. The molecule has 0 bridgehead atoms. The second kappa shape index (κ2) is 9.35. The Bertz CT molecular complexity index is 767. The number of aryl methyl sites for hydroxylation is 1.